The van der Waals surface area contributed by atoms with E-state index in [9.17, 15) is 15.2 Å². The van der Waals surface area contributed by atoms with Gasteiger partial charge in [-0.05, 0) is 24.3 Å². The molecular formula is C15H10N2O3S. The summed E-state index contributed by atoms with van der Waals surface area (Å²) in [6, 6.07) is 13.5. The van der Waals surface area contributed by atoms with Crippen molar-refractivity contribution in [3.63, 3.8) is 0 Å². The Balaban J connectivity index is 1.92. The molecule has 1 heterocycles. The molecule has 6 heteroatoms. The van der Waals surface area contributed by atoms with Gasteiger partial charge in [0, 0.05) is 23.8 Å². The summed E-state index contributed by atoms with van der Waals surface area (Å²) in [4.78, 5) is 14.5. The number of fused-ring (bicyclic) bond motifs is 1. The van der Waals surface area contributed by atoms with Crippen LogP contribution in [0.25, 0.3) is 22.1 Å². The first-order chi connectivity index (χ1) is 10.1. The summed E-state index contributed by atoms with van der Waals surface area (Å²) in [5.41, 5.74) is 1.39. The molecule has 0 unspecified atom stereocenters. The smallest absolute Gasteiger partial charge is 0.269 e. The molecule has 0 saturated heterocycles. The van der Waals surface area contributed by atoms with E-state index >= 15 is 0 Å². The molecule has 0 fully saturated rings. The van der Waals surface area contributed by atoms with E-state index in [-0.39, 0.29) is 11.4 Å². The summed E-state index contributed by atoms with van der Waals surface area (Å²) in [6.45, 7) is 0. The fraction of sp³-hybridized carbons (Fsp3) is 0. The van der Waals surface area contributed by atoms with Crippen LogP contribution in [0.3, 0.4) is 0 Å². The zero-order chi connectivity index (χ0) is 14.8. The summed E-state index contributed by atoms with van der Waals surface area (Å²) >= 11 is 1.47. The minimum atomic E-state index is -0.474. The number of nitrogens with zero attached hydrogens (tertiary/aromatic N) is 2. The van der Waals surface area contributed by atoms with Gasteiger partial charge in [-0.3, -0.25) is 10.1 Å². The van der Waals surface area contributed by atoms with Gasteiger partial charge in [-0.15, -0.1) is 11.3 Å². The van der Waals surface area contributed by atoms with Crippen LogP contribution in [0.1, 0.15) is 10.6 Å². The van der Waals surface area contributed by atoms with Gasteiger partial charge in [0.2, 0.25) is 0 Å². The zero-order valence-corrected chi connectivity index (χ0v) is 11.6. The maximum Gasteiger partial charge on any atom is 0.269 e. The van der Waals surface area contributed by atoms with Crippen molar-refractivity contribution in [2.75, 3.05) is 0 Å². The van der Waals surface area contributed by atoms with Gasteiger partial charge in [0.1, 0.15) is 10.8 Å². The lowest BCUT2D eigenvalue weighted by molar-refractivity contribution is -0.384. The topological polar surface area (TPSA) is 76.3 Å². The lowest BCUT2D eigenvalue weighted by atomic mass is 10.1. The highest BCUT2D eigenvalue weighted by Crippen LogP contribution is 2.25. The Hall–Kier alpha value is -2.73. The van der Waals surface area contributed by atoms with Crippen molar-refractivity contribution in [2.45, 2.75) is 0 Å². The molecule has 2 aromatic carbocycles. The second kappa shape index (κ2) is 5.34. The molecule has 3 aromatic rings. The van der Waals surface area contributed by atoms with Crippen molar-refractivity contribution < 1.29 is 10.0 Å². The summed E-state index contributed by atoms with van der Waals surface area (Å²) in [5.74, 6) is 0.0314. The first kappa shape index (κ1) is 13.3. The normalized spacial score (nSPS) is 11.7. The van der Waals surface area contributed by atoms with Crippen molar-refractivity contribution in [2.24, 2.45) is 0 Å². The number of aliphatic hydroxyl groups excluding tert-OH is 1. The lowest BCUT2D eigenvalue weighted by Gasteiger charge is -1.98. The highest BCUT2D eigenvalue weighted by molar-refractivity contribution is 7.19. The molecule has 1 N–H and O–H groups in total. The molecule has 0 aliphatic carbocycles. The summed E-state index contributed by atoms with van der Waals surface area (Å²) in [7, 11) is 0. The quantitative estimate of drug-likeness (QED) is 0.445. The van der Waals surface area contributed by atoms with Crippen LogP contribution in [-0.2, 0) is 0 Å². The minimum Gasteiger partial charge on any atom is -0.507 e. The number of para-hydroxylation sites is 1. The second-order valence-corrected chi connectivity index (χ2v) is 5.42. The van der Waals surface area contributed by atoms with Gasteiger partial charge in [-0.1, -0.05) is 12.1 Å². The molecular weight excluding hydrogens is 288 g/mol. The molecule has 0 aliphatic heterocycles. The standard InChI is InChI=1S/C15H10N2O3S/c18-13(10-5-7-11(8-6-10)17(19)20)9-15-16-12-3-1-2-4-14(12)21-15/h1-9,18H/b13-9-. The molecule has 0 bridgehead atoms. The number of aromatic nitrogens is 1. The first-order valence-corrected chi connectivity index (χ1v) is 6.96. The number of nitro groups is 1. The van der Waals surface area contributed by atoms with Crippen LogP contribution < -0.4 is 0 Å². The SMILES string of the molecule is O=[N+]([O-])c1ccc(/C(O)=C/c2nc3ccccc3s2)cc1. The van der Waals surface area contributed by atoms with Gasteiger partial charge < -0.3 is 5.11 Å². The van der Waals surface area contributed by atoms with E-state index in [0.29, 0.717) is 10.6 Å². The Morgan fingerprint density at radius 1 is 1.19 bits per heavy atom. The third-order valence-corrected chi connectivity index (χ3v) is 3.93. The predicted octanol–water partition coefficient (Wildman–Crippen LogP) is 4.26. The van der Waals surface area contributed by atoms with Gasteiger partial charge in [0.15, 0.2) is 0 Å². The molecule has 3 rings (SSSR count). The molecule has 21 heavy (non-hydrogen) atoms. The maximum absolute atomic E-state index is 10.6. The number of hydrogen-bond donors (Lipinski definition) is 1. The van der Waals surface area contributed by atoms with Crippen LogP contribution in [0.4, 0.5) is 5.69 Å². The van der Waals surface area contributed by atoms with Crippen molar-refractivity contribution in [3.05, 3.63) is 69.2 Å². The third kappa shape index (κ3) is 2.75. The molecule has 5 nitrogen and oxygen atoms in total. The van der Waals surface area contributed by atoms with Gasteiger partial charge in [-0.25, -0.2) is 4.98 Å². The number of nitro benzene ring substituents is 1. The van der Waals surface area contributed by atoms with Crippen molar-refractivity contribution in [1.82, 2.24) is 4.98 Å². The zero-order valence-electron chi connectivity index (χ0n) is 10.8. The number of rotatable bonds is 3. The average molecular weight is 298 g/mol. The molecule has 1 aromatic heterocycles. The Labute approximate surface area is 124 Å². The molecule has 104 valence electrons. The third-order valence-electron chi connectivity index (χ3n) is 2.94. The van der Waals surface area contributed by atoms with E-state index in [4.69, 9.17) is 0 Å². The van der Waals surface area contributed by atoms with Crippen molar-refractivity contribution in [3.8, 4) is 0 Å². The average Bonchev–Trinajstić information content (AvgIpc) is 2.89. The Bertz CT molecular complexity index is 805. The number of benzene rings is 2. The molecule has 0 atom stereocenters. The number of aliphatic hydroxyl groups is 1. The molecule has 0 spiro atoms. The van der Waals surface area contributed by atoms with Crippen molar-refractivity contribution in [1.29, 1.82) is 0 Å². The van der Waals surface area contributed by atoms with Crippen LogP contribution in [0.15, 0.2) is 48.5 Å². The van der Waals surface area contributed by atoms with E-state index in [1.807, 2.05) is 24.3 Å². The van der Waals surface area contributed by atoms with Crippen LogP contribution in [0.5, 0.6) is 0 Å². The predicted molar refractivity (Wildman–Crippen MR) is 83.2 cm³/mol. The van der Waals surface area contributed by atoms with Crippen LogP contribution in [0, 0.1) is 10.1 Å². The summed E-state index contributed by atoms with van der Waals surface area (Å²) in [6.07, 6.45) is 1.56. The second-order valence-electron chi connectivity index (χ2n) is 4.35. The Morgan fingerprint density at radius 3 is 2.57 bits per heavy atom. The highest BCUT2D eigenvalue weighted by atomic mass is 32.1. The molecule has 0 amide bonds. The number of hydrogen-bond acceptors (Lipinski definition) is 5. The molecule has 0 saturated carbocycles. The lowest BCUT2D eigenvalue weighted by Crippen LogP contribution is -1.88. The van der Waals surface area contributed by atoms with E-state index in [1.165, 1.54) is 35.6 Å². The Kier molecular flexibility index (Phi) is 3.37. The van der Waals surface area contributed by atoms with E-state index < -0.39 is 4.92 Å². The monoisotopic (exact) mass is 298 g/mol. The van der Waals surface area contributed by atoms with Crippen LogP contribution >= 0.6 is 11.3 Å². The fourth-order valence-electron chi connectivity index (χ4n) is 1.91. The molecule has 0 aliphatic rings. The minimum absolute atomic E-state index is 0.00784. The maximum atomic E-state index is 10.6. The fourth-order valence-corrected chi connectivity index (χ4v) is 2.81. The number of thiazole rings is 1. The summed E-state index contributed by atoms with van der Waals surface area (Å²) < 4.78 is 1.04. The molecule has 0 radical (unpaired) electrons. The van der Waals surface area contributed by atoms with Gasteiger partial charge in [0.25, 0.3) is 5.69 Å². The largest absolute Gasteiger partial charge is 0.507 e. The van der Waals surface area contributed by atoms with Gasteiger partial charge >= 0.3 is 0 Å². The van der Waals surface area contributed by atoms with E-state index in [1.54, 1.807) is 6.08 Å². The van der Waals surface area contributed by atoms with E-state index in [0.717, 1.165) is 10.2 Å². The van der Waals surface area contributed by atoms with Crippen LogP contribution in [0.2, 0.25) is 0 Å². The number of non-ortho nitro benzene ring substituents is 1. The highest BCUT2D eigenvalue weighted by Gasteiger charge is 2.07. The summed E-state index contributed by atoms with van der Waals surface area (Å²) in [5, 5.41) is 21.4. The van der Waals surface area contributed by atoms with Gasteiger partial charge in [-0.2, -0.15) is 0 Å². The first-order valence-electron chi connectivity index (χ1n) is 6.14. The van der Waals surface area contributed by atoms with E-state index in [2.05, 4.69) is 4.98 Å². The van der Waals surface area contributed by atoms with Crippen LogP contribution in [-0.4, -0.2) is 15.0 Å². The van der Waals surface area contributed by atoms with Crippen molar-refractivity contribution >= 4 is 39.1 Å². The van der Waals surface area contributed by atoms with Gasteiger partial charge in [0.05, 0.1) is 15.1 Å². The Morgan fingerprint density at radius 2 is 1.90 bits per heavy atom.